The number of allylic oxidation sites excluding steroid dienone is 1. The molecule has 1 aromatic carbocycles. The van der Waals surface area contributed by atoms with E-state index in [1.165, 1.54) is 6.08 Å². The Morgan fingerprint density at radius 2 is 1.81 bits per heavy atom. The Morgan fingerprint density at radius 3 is 2.38 bits per heavy atom. The van der Waals surface area contributed by atoms with Crippen molar-refractivity contribution in [1.82, 2.24) is 4.90 Å². The summed E-state index contributed by atoms with van der Waals surface area (Å²) in [5, 5.41) is 9.68. The first-order valence-electron chi connectivity index (χ1n) is 5.11. The highest BCUT2D eigenvalue weighted by Gasteiger charge is 2.09. The lowest BCUT2D eigenvalue weighted by Crippen LogP contribution is -2.03. The zero-order chi connectivity index (χ0) is 12.3. The molecule has 1 rings (SSSR count). The second-order valence-corrected chi connectivity index (χ2v) is 4.10. The molecule has 1 aromatic rings. The molecule has 86 valence electrons. The van der Waals surface area contributed by atoms with Gasteiger partial charge in [-0.25, -0.2) is 0 Å². The van der Waals surface area contributed by atoms with Crippen molar-refractivity contribution >= 4 is 5.78 Å². The van der Waals surface area contributed by atoms with E-state index in [4.69, 9.17) is 0 Å². The second kappa shape index (κ2) is 4.84. The van der Waals surface area contributed by atoms with Crippen LogP contribution in [0.1, 0.15) is 21.5 Å². The lowest BCUT2D eigenvalue weighted by molar-refractivity contribution is 0.104. The summed E-state index contributed by atoms with van der Waals surface area (Å²) in [6.07, 6.45) is 3.11. The van der Waals surface area contributed by atoms with Gasteiger partial charge in [-0.2, -0.15) is 0 Å². The molecule has 0 bridgehead atoms. The quantitative estimate of drug-likeness (QED) is 0.626. The summed E-state index contributed by atoms with van der Waals surface area (Å²) in [5.74, 6) is -0.147. The van der Waals surface area contributed by atoms with E-state index in [9.17, 15) is 9.90 Å². The number of benzene rings is 1. The maximum Gasteiger partial charge on any atom is 0.191 e. The summed E-state index contributed by atoms with van der Waals surface area (Å²) in [7, 11) is 3.67. The van der Waals surface area contributed by atoms with Gasteiger partial charge in [0.05, 0.1) is 5.56 Å². The fourth-order valence-corrected chi connectivity index (χ4v) is 1.30. The van der Waals surface area contributed by atoms with Gasteiger partial charge in [0.2, 0.25) is 0 Å². The molecule has 0 aromatic heterocycles. The molecule has 0 spiro atoms. The van der Waals surface area contributed by atoms with Crippen LogP contribution in [0.4, 0.5) is 0 Å². The molecule has 1 N–H and O–H groups in total. The maximum absolute atomic E-state index is 11.8. The molecule has 0 fully saturated rings. The van der Waals surface area contributed by atoms with Crippen molar-refractivity contribution in [2.24, 2.45) is 0 Å². The molecule has 0 unspecified atom stereocenters. The maximum atomic E-state index is 11.8. The van der Waals surface area contributed by atoms with Crippen LogP contribution in [0.3, 0.4) is 0 Å². The summed E-state index contributed by atoms with van der Waals surface area (Å²) in [6, 6.07) is 3.33. The van der Waals surface area contributed by atoms with E-state index in [2.05, 4.69) is 0 Å². The highest BCUT2D eigenvalue weighted by molar-refractivity contribution is 6.06. The van der Waals surface area contributed by atoms with Gasteiger partial charge in [-0.1, -0.05) is 0 Å². The monoisotopic (exact) mass is 219 g/mol. The third kappa shape index (κ3) is 2.86. The van der Waals surface area contributed by atoms with E-state index in [1.54, 1.807) is 23.2 Å². The van der Waals surface area contributed by atoms with Crippen LogP contribution in [0.15, 0.2) is 24.4 Å². The van der Waals surface area contributed by atoms with Crippen molar-refractivity contribution in [3.8, 4) is 5.75 Å². The SMILES string of the molecule is Cc1cc(O)c(C(=O)/C=C/N(C)C)cc1C. The molecule has 0 amide bonds. The molecule has 0 saturated carbocycles. The van der Waals surface area contributed by atoms with E-state index in [0.29, 0.717) is 5.56 Å². The number of phenols is 1. The van der Waals surface area contributed by atoms with Crippen LogP contribution in [-0.4, -0.2) is 29.9 Å². The molecule has 0 radical (unpaired) electrons. The molecule has 0 aliphatic heterocycles. The van der Waals surface area contributed by atoms with Crippen molar-refractivity contribution in [3.05, 3.63) is 41.1 Å². The minimum atomic E-state index is -0.186. The summed E-state index contributed by atoms with van der Waals surface area (Å²) < 4.78 is 0. The van der Waals surface area contributed by atoms with Gasteiger partial charge in [0, 0.05) is 26.4 Å². The number of carbonyl (C=O) groups excluding carboxylic acids is 1. The van der Waals surface area contributed by atoms with E-state index in [1.807, 2.05) is 27.9 Å². The molecule has 16 heavy (non-hydrogen) atoms. The Hall–Kier alpha value is -1.77. The number of aryl methyl sites for hydroxylation is 2. The minimum absolute atomic E-state index is 0.0384. The predicted molar refractivity (Wildman–Crippen MR) is 64.7 cm³/mol. The van der Waals surface area contributed by atoms with E-state index in [0.717, 1.165) is 11.1 Å². The fourth-order valence-electron chi connectivity index (χ4n) is 1.30. The molecular weight excluding hydrogens is 202 g/mol. The first-order chi connectivity index (χ1) is 7.41. The van der Waals surface area contributed by atoms with Crippen molar-refractivity contribution < 1.29 is 9.90 Å². The molecule has 0 aliphatic carbocycles. The Kier molecular flexibility index (Phi) is 3.72. The molecule has 0 saturated heterocycles. The molecule has 3 nitrogen and oxygen atoms in total. The van der Waals surface area contributed by atoms with Gasteiger partial charge in [-0.15, -0.1) is 0 Å². The number of phenolic OH excluding ortho intramolecular Hbond substituents is 1. The molecule has 0 atom stereocenters. The normalized spacial score (nSPS) is 10.8. The predicted octanol–water partition coefficient (Wildman–Crippen LogP) is 2.27. The van der Waals surface area contributed by atoms with Crippen molar-refractivity contribution in [3.63, 3.8) is 0 Å². The first kappa shape index (κ1) is 12.3. The van der Waals surface area contributed by atoms with Crippen LogP contribution >= 0.6 is 0 Å². The largest absolute Gasteiger partial charge is 0.507 e. The van der Waals surface area contributed by atoms with Crippen molar-refractivity contribution in [1.29, 1.82) is 0 Å². The van der Waals surface area contributed by atoms with Crippen LogP contribution < -0.4 is 0 Å². The average Bonchev–Trinajstić information content (AvgIpc) is 2.20. The summed E-state index contributed by atoms with van der Waals surface area (Å²) in [6.45, 7) is 3.82. The number of carbonyl (C=O) groups is 1. The van der Waals surface area contributed by atoms with E-state index in [-0.39, 0.29) is 11.5 Å². The Labute approximate surface area is 96.0 Å². The van der Waals surface area contributed by atoms with Crippen molar-refractivity contribution in [2.75, 3.05) is 14.1 Å². The van der Waals surface area contributed by atoms with Crippen LogP contribution in [0.25, 0.3) is 0 Å². The van der Waals surface area contributed by atoms with Crippen LogP contribution in [0.2, 0.25) is 0 Å². The number of hydrogen-bond acceptors (Lipinski definition) is 3. The van der Waals surface area contributed by atoms with Crippen LogP contribution in [0.5, 0.6) is 5.75 Å². The Morgan fingerprint density at radius 1 is 1.25 bits per heavy atom. The van der Waals surface area contributed by atoms with E-state index >= 15 is 0 Å². The lowest BCUT2D eigenvalue weighted by Gasteiger charge is -2.07. The third-order valence-electron chi connectivity index (χ3n) is 2.40. The van der Waals surface area contributed by atoms with Crippen LogP contribution in [0, 0.1) is 13.8 Å². The second-order valence-electron chi connectivity index (χ2n) is 4.10. The summed E-state index contributed by atoms with van der Waals surface area (Å²) >= 11 is 0. The van der Waals surface area contributed by atoms with Gasteiger partial charge in [-0.05, 0) is 37.1 Å². The third-order valence-corrected chi connectivity index (χ3v) is 2.40. The highest BCUT2D eigenvalue weighted by Crippen LogP contribution is 2.22. The smallest absolute Gasteiger partial charge is 0.191 e. The summed E-state index contributed by atoms with van der Waals surface area (Å²) in [4.78, 5) is 13.5. The minimum Gasteiger partial charge on any atom is -0.507 e. The van der Waals surface area contributed by atoms with E-state index < -0.39 is 0 Å². The summed E-state index contributed by atoms with van der Waals surface area (Å²) in [5.41, 5.74) is 2.33. The average molecular weight is 219 g/mol. The molecular formula is C13H17NO2. The number of hydrogen-bond donors (Lipinski definition) is 1. The van der Waals surface area contributed by atoms with Crippen LogP contribution in [-0.2, 0) is 0 Å². The Balaban J connectivity index is 3.05. The van der Waals surface area contributed by atoms with Gasteiger partial charge in [0.15, 0.2) is 5.78 Å². The standard InChI is InChI=1S/C13H17NO2/c1-9-7-11(13(16)8-10(9)2)12(15)5-6-14(3)4/h5-8,16H,1-4H3/b6-5+. The van der Waals surface area contributed by atoms with Gasteiger partial charge in [0.25, 0.3) is 0 Å². The topological polar surface area (TPSA) is 40.5 Å². The van der Waals surface area contributed by atoms with Gasteiger partial charge in [-0.3, -0.25) is 4.79 Å². The number of aromatic hydroxyl groups is 1. The molecule has 0 heterocycles. The first-order valence-corrected chi connectivity index (χ1v) is 5.11. The highest BCUT2D eigenvalue weighted by atomic mass is 16.3. The zero-order valence-corrected chi connectivity index (χ0v) is 10.1. The van der Waals surface area contributed by atoms with Gasteiger partial charge < -0.3 is 10.0 Å². The van der Waals surface area contributed by atoms with Crippen molar-refractivity contribution in [2.45, 2.75) is 13.8 Å². The molecule has 0 aliphatic rings. The number of rotatable bonds is 3. The number of ketones is 1. The number of nitrogens with zero attached hydrogens (tertiary/aromatic N) is 1. The van der Waals surface area contributed by atoms with Gasteiger partial charge >= 0.3 is 0 Å². The molecule has 3 heteroatoms. The lowest BCUT2D eigenvalue weighted by atomic mass is 10.0. The van der Waals surface area contributed by atoms with Gasteiger partial charge in [0.1, 0.15) is 5.75 Å². The Bertz CT molecular complexity index is 434. The zero-order valence-electron chi connectivity index (χ0n) is 10.1. The fraction of sp³-hybridized carbons (Fsp3) is 0.308.